The number of hydrogen-bond donors (Lipinski definition) is 1. The molecule has 0 aliphatic heterocycles. The lowest BCUT2D eigenvalue weighted by Crippen LogP contribution is -1.98. The van der Waals surface area contributed by atoms with Gasteiger partial charge in [0.1, 0.15) is 0 Å². The quantitative estimate of drug-likeness (QED) is 0.668. The Morgan fingerprint density at radius 1 is 1.46 bits per heavy atom. The van der Waals surface area contributed by atoms with Crippen LogP contribution in [-0.4, -0.2) is 6.54 Å². The number of rotatable bonds is 2. The van der Waals surface area contributed by atoms with Gasteiger partial charge in [-0.1, -0.05) is 17.9 Å². The number of terminal acetylenes is 1. The second kappa shape index (κ2) is 4.91. The highest BCUT2D eigenvalue weighted by molar-refractivity contribution is 5.50. The third-order valence-electron chi connectivity index (χ3n) is 1.59. The van der Waals surface area contributed by atoms with Gasteiger partial charge in [-0.2, -0.15) is 0 Å². The van der Waals surface area contributed by atoms with Crippen molar-refractivity contribution >= 4 is 5.69 Å². The smallest absolute Gasteiger partial charge is 0.0765 e. The van der Waals surface area contributed by atoms with Crippen LogP contribution in [0.4, 0.5) is 5.69 Å². The summed E-state index contributed by atoms with van der Waals surface area (Å²) < 4.78 is 0. The van der Waals surface area contributed by atoms with Crippen molar-refractivity contribution in [1.82, 2.24) is 0 Å². The molecule has 0 unspecified atom stereocenters. The zero-order valence-corrected chi connectivity index (χ0v) is 7.59. The van der Waals surface area contributed by atoms with Crippen molar-refractivity contribution in [2.45, 2.75) is 6.92 Å². The van der Waals surface area contributed by atoms with Gasteiger partial charge in [0, 0.05) is 11.3 Å². The van der Waals surface area contributed by atoms with Gasteiger partial charge in [0.05, 0.1) is 6.54 Å². The summed E-state index contributed by atoms with van der Waals surface area (Å²) in [6.07, 6.45) is 5.27. The minimum absolute atomic E-state index is 0.657. The van der Waals surface area contributed by atoms with Crippen molar-refractivity contribution in [3.8, 4) is 24.2 Å². The zero-order valence-electron chi connectivity index (χ0n) is 7.59. The predicted octanol–water partition coefficient (Wildman–Crippen LogP) is 2.10. The molecule has 0 saturated heterocycles. The number of hydrogen-bond acceptors (Lipinski definition) is 1. The van der Waals surface area contributed by atoms with Crippen LogP contribution in [0.25, 0.3) is 0 Å². The Labute approximate surface area is 79.2 Å². The predicted molar refractivity (Wildman–Crippen MR) is 56.3 cm³/mol. The highest BCUT2D eigenvalue weighted by Crippen LogP contribution is 2.08. The minimum Gasteiger partial charge on any atom is -0.374 e. The van der Waals surface area contributed by atoms with Crippen LogP contribution in [0.15, 0.2) is 24.3 Å². The third kappa shape index (κ3) is 2.93. The average molecular weight is 169 g/mol. The summed E-state index contributed by atoms with van der Waals surface area (Å²) in [5, 5.41) is 3.15. The molecule has 0 amide bonds. The molecule has 0 radical (unpaired) electrons. The highest BCUT2D eigenvalue weighted by Gasteiger charge is 1.90. The maximum atomic E-state index is 5.27. The lowest BCUT2D eigenvalue weighted by Gasteiger charge is -2.01. The van der Waals surface area contributed by atoms with E-state index in [1.54, 1.807) is 0 Å². The molecular formula is C12H11N. The Balaban J connectivity index is 2.66. The van der Waals surface area contributed by atoms with Gasteiger partial charge >= 0.3 is 0 Å². The van der Waals surface area contributed by atoms with E-state index < -0.39 is 0 Å². The molecule has 0 saturated carbocycles. The molecule has 0 aliphatic rings. The molecule has 0 heterocycles. The summed E-state index contributed by atoms with van der Waals surface area (Å²) in [4.78, 5) is 0. The fourth-order valence-electron chi connectivity index (χ4n) is 0.954. The molecule has 0 aromatic heterocycles. The summed E-state index contributed by atoms with van der Waals surface area (Å²) in [6.45, 7) is 2.48. The molecular weight excluding hydrogens is 158 g/mol. The molecule has 0 aliphatic carbocycles. The van der Waals surface area contributed by atoms with E-state index in [1.165, 1.54) is 0 Å². The largest absolute Gasteiger partial charge is 0.374 e. The standard InChI is InChI=1S/C12H11N/c1-3-5-9-13-12-8-6-7-11(4-2)10-12/h2,6-8,10,13H,9H2,1H3. The van der Waals surface area contributed by atoms with Crippen LogP contribution in [-0.2, 0) is 0 Å². The van der Waals surface area contributed by atoms with Crippen LogP contribution in [0.2, 0.25) is 0 Å². The van der Waals surface area contributed by atoms with E-state index in [2.05, 4.69) is 23.1 Å². The molecule has 0 atom stereocenters. The van der Waals surface area contributed by atoms with Crippen molar-refractivity contribution in [3.63, 3.8) is 0 Å². The summed E-state index contributed by atoms with van der Waals surface area (Å²) >= 11 is 0. The van der Waals surface area contributed by atoms with Crippen LogP contribution >= 0.6 is 0 Å². The second-order valence-electron chi connectivity index (χ2n) is 2.51. The summed E-state index contributed by atoms with van der Waals surface area (Å²) in [7, 11) is 0. The first-order valence-corrected chi connectivity index (χ1v) is 4.07. The Bertz CT molecular complexity index is 374. The van der Waals surface area contributed by atoms with Crippen LogP contribution in [0.5, 0.6) is 0 Å². The van der Waals surface area contributed by atoms with Gasteiger partial charge in [-0.25, -0.2) is 0 Å². The lowest BCUT2D eigenvalue weighted by atomic mass is 10.2. The zero-order chi connectivity index (χ0) is 9.52. The SMILES string of the molecule is C#Cc1cccc(NCC#CC)c1. The van der Waals surface area contributed by atoms with E-state index in [1.807, 2.05) is 31.2 Å². The molecule has 1 aromatic rings. The Morgan fingerprint density at radius 3 is 3.00 bits per heavy atom. The van der Waals surface area contributed by atoms with Crippen LogP contribution < -0.4 is 5.32 Å². The molecule has 1 heteroatoms. The first kappa shape index (κ1) is 9.23. The minimum atomic E-state index is 0.657. The van der Waals surface area contributed by atoms with Gasteiger partial charge in [0.2, 0.25) is 0 Å². The fourth-order valence-corrected chi connectivity index (χ4v) is 0.954. The van der Waals surface area contributed by atoms with E-state index in [4.69, 9.17) is 6.42 Å². The van der Waals surface area contributed by atoms with Crippen LogP contribution in [0.1, 0.15) is 12.5 Å². The average Bonchev–Trinajstić information content (AvgIpc) is 2.19. The van der Waals surface area contributed by atoms with E-state index >= 15 is 0 Å². The first-order valence-electron chi connectivity index (χ1n) is 4.07. The van der Waals surface area contributed by atoms with E-state index in [0.29, 0.717) is 6.54 Å². The number of nitrogens with one attached hydrogen (secondary N) is 1. The monoisotopic (exact) mass is 169 g/mol. The maximum absolute atomic E-state index is 5.27. The molecule has 64 valence electrons. The van der Waals surface area contributed by atoms with Crippen molar-refractivity contribution in [2.75, 3.05) is 11.9 Å². The van der Waals surface area contributed by atoms with Crippen LogP contribution in [0, 0.1) is 24.2 Å². The normalized spacial score (nSPS) is 8.00. The summed E-state index contributed by atoms with van der Waals surface area (Å²) in [6, 6.07) is 7.73. The van der Waals surface area contributed by atoms with E-state index in [0.717, 1.165) is 11.3 Å². The molecule has 0 bridgehead atoms. The van der Waals surface area contributed by atoms with Crippen molar-refractivity contribution < 1.29 is 0 Å². The van der Waals surface area contributed by atoms with Gasteiger partial charge in [-0.05, 0) is 25.1 Å². The Morgan fingerprint density at radius 2 is 2.31 bits per heavy atom. The highest BCUT2D eigenvalue weighted by atomic mass is 14.8. The van der Waals surface area contributed by atoms with E-state index in [9.17, 15) is 0 Å². The molecule has 1 aromatic carbocycles. The number of anilines is 1. The molecule has 1 nitrogen and oxygen atoms in total. The third-order valence-corrected chi connectivity index (χ3v) is 1.59. The molecule has 1 N–H and O–H groups in total. The van der Waals surface area contributed by atoms with Gasteiger partial charge in [-0.3, -0.25) is 0 Å². The Kier molecular flexibility index (Phi) is 3.48. The summed E-state index contributed by atoms with van der Waals surface area (Å²) in [5.41, 5.74) is 1.90. The maximum Gasteiger partial charge on any atom is 0.0765 e. The number of benzene rings is 1. The fraction of sp³-hybridized carbons (Fsp3) is 0.167. The Hall–Kier alpha value is -1.86. The van der Waals surface area contributed by atoms with Gasteiger partial charge < -0.3 is 5.32 Å². The molecule has 13 heavy (non-hydrogen) atoms. The molecule has 1 rings (SSSR count). The molecule has 0 spiro atoms. The van der Waals surface area contributed by atoms with Crippen molar-refractivity contribution in [1.29, 1.82) is 0 Å². The van der Waals surface area contributed by atoms with Crippen molar-refractivity contribution in [2.24, 2.45) is 0 Å². The van der Waals surface area contributed by atoms with Crippen molar-refractivity contribution in [3.05, 3.63) is 29.8 Å². The topological polar surface area (TPSA) is 12.0 Å². The van der Waals surface area contributed by atoms with Gasteiger partial charge in [-0.15, -0.1) is 12.3 Å². The summed E-state index contributed by atoms with van der Waals surface area (Å²) in [5.74, 6) is 8.32. The van der Waals surface area contributed by atoms with Crippen LogP contribution in [0.3, 0.4) is 0 Å². The lowest BCUT2D eigenvalue weighted by molar-refractivity contribution is 1.37. The van der Waals surface area contributed by atoms with Gasteiger partial charge in [0.25, 0.3) is 0 Å². The second-order valence-corrected chi connectivity index (χ2v) is 2.51. The molecule has 0 fully saturated rings. The first-order chi connectivity index (χ1) is 6.36. The van der Waals surface area contributed by atoms with E-state index in [-0.39, 0.29) is 0 Å². The van der Waals surface area contributed by atoms with Gasteiger partial charge in [0.15, 0.2) is 0 Å².